The van der Waals surface area contributed by atoms with Crippen molar-refractivity contribution >= 4 is 23.2 Å². The minimum atomic E-state index is -0.272. The van der Waals surface area contributed by atoms with Crippen molar-refractivity contribution in [2.45, 2.75) is 25.1 Å². The predicted molar refractivity (Wildman–Crippen MR) is 55.0 cm³/mol. The van der Waals surface area contributed by atoms with Crippen molar-refractivity contribution in [2.75, 3.05) is 0 Å². The van der Waals surface area contributed by atoms with Crippen LogP contribution in [0.1, 0.15) is 18.9 Å². The van der Waals surface area contributed by atoms with Crippen LogP contribution in [-0.2, 0) is 6.42 Å². The lowest BCUT2D eigenvalue weighted by Crippen LogP contribution is -2.03. The molecule has 0 spiro atoms. The van der Waals surface area contributed by atoms with E-state index < -0.39 is 0 Å². The average molecular weight is 221 g/mol. The van der Waals surface area contributed by atoms with Gasteiger partial charge in [-0.2, -0.15) is 0 Å². The van der Waals surface area contributed by atoms with Crippen LogP contribution in [0.25, 0.3) is 0 Å². The van der Waals surface area contributed by atoms with Gasteiger partial charge < -0.3 is 0 Å². The van der Waals surface area contributed by atoms with Crippen LogP contribution in [0.2, 0.25) is 5.02 Å². The van der Waals surface area contributed by atoms with Crippen molar-refractivity contribution in [2.24, 2.45) is 0 Å². The monoisotopic (exact) mass is 220 g/mol. The molecule has 1 atom stereocenters. The molecule has 1 aromatic rings. The zero-order valence-electron chi connectivity index (χ0n) is 7.36. The summed E-state index contributed by atoms with van der Waals surface area (Å²) in [5, 5.41) is 0.411. The fraction of sp³-hybridized carbons (Fsp3) is 0.400. The van der Waals surface area contributed by atoms with E-state index in [-0.39, 0.29) is 11.2 Å². The van der Waals surface area contributed by atoms with E-state index in [4.69, 9.17) is 23.2 Å². The van der Waals surface area contributed by atoms with Gasteiger partial charge in [0.05, 0.1) is 0 Å². The Balaban J connectivity index is 2.87. The smallest absolute Gasteiger partial charge is 0.127 e. The van der Waals surface area contributed by atoms with Crippen LogP contribution < -0.4 is 0 Å². The molecule has 1 unspecified atom stereocenters. The summed E-state index contributed by atoms with van der Waals surface area (Å²) in [6.07, 6.45) is 1.30. The van der Waals surface area contributed by atoms with Crippen LogP contribution in [-0.4, -0.2) is 5.38 Å². The Kier molecular flexibility index (Phi) is 4.01. The summed E-state index contributed by atoms with van der Waals surface area (Å²) >= 11 is 11.8. The molecule has 0 saturated heterocycles. The van der Waals surface area contributed by atoms with Crippen molar-refractivity contribution in [3.8, 4) is 0 Å². The van der Waals surface area contributed by atoms with E-state index in [1.54, 1.807) is 12.1 Å². The second kappa shape index (κ2) is 4.83. The predicted octanol–water partition coefficient (Wildman–Crippen LogP) is 4.04. The van der Waals surface area contributed by atoms with Crippen LogP contribution >= 0.6 is 23.2 Å². The van der Waals surface area contributed by atoms with Gasteiger partial charge in [0.15, 0.2) is 0 Å². The zero-order valence-corrected chi connectivity index (χ0v) is 8.87. The van der Waals surface area contributed by atoms with Crippen molar-refractivity contribution < 1.29 is 4.39 Å². The molecule has 0 aliphatic carbocycles. The number of hydrogen-bond acceptors (Lipinski definition) is 0. The fourth-order valence-corrected chi connectivity index (χ4v) is 1.49. The maximum Gasteiger partial charge on any atom is 0.127 e. The van der Waals surface area contributed by atoms with E-state index in [0.717, 1.165) is 6.42 Å². The third-order valence-electron chi connectivity index (χ3n) is 1.93. The van der Waals surface area contributed by atoms with E-state index in [1.807, 2.05) is 6.92 Å². The van der Waals surface area contributed by atoms with Gasteiger partial charge in [-0.25, -0.2) is 4.39 Å². The molecule has 0 heterocycles. The van der Waals surface area contributed by atoms with Crippen LogP contribution in [0.15, 0.2) is 18.2 Å². The van der Waals surface area contributed by atoms with Gasteiger partial charge in [0.25, 0.3) is 0 Å². The summed E-state index contributed by atoms with van der Waals surface area (Å²) in [6, 6.07) is 4.68. The average Bonchev–Trinajstić information content (AvgIpc) is 2.11. The molecule has 0 N–H and O–H groups in total. The largest absolute Gasteiger partial charge is 0.207 e. The third-order valence-corrected chi connectivity index (χ3v) is 2.75. The molecule has 3 heteroatoms. The molecule has 0 amide bonds. The van der Waals surface area contributed by atoms with Gasteiger partial charge in [-0.3, -0.25) is 0 Å². The molecule has 0 nitrogen and oxygen atoms in total. The summed E-state index contributed by atoms with van der Waals surface area (Å²) in [6.45, 7) is 1.96. The highest BCUT2D eigenvalue weighted by Crippen LogP contribution is 2.22. The molecule has 0 aromatic heterocycles. The molecule has 0 bridgehead atoms. The first kappa shape index (κ1) is 10.8. The lowest BCUT2D eigenvalue weighted by atomic mass is 10.1. The molecule has 1 aromatic carbocycles. The van der Waals surface area contributed by atoms with Crippen molar-refractivity contribution in [3.05, 3.63) is 34.6 Å². The quantitative estimate of drug-likeness (QED) is 0.675. The Morgan fingerprint density at radius 1 is 1.46 bits per heavy atom. The molecule has 0 aliphatic rings. The van der Waals surface area contributed by atoms with Crippen LogP contribution in [0.4, 0.5) is 4.39 Å². The molecular formula is C10H11Cl2F. The lowest BCUT2D eigenvalue weighted by molar-refractivity contribution is 0.604. The van der Waals surface area contributed by atoms with Gasteiger partial charge in [0.2, 0.25) is 0 Å². The van der Waals surface area contributed by atoms with Crippen molar-refractivity contribution in [1.29, 1.82) is 0 Å². The van der Waals surface area contributed by atoms with E-state index in [9.17, 15) is 4.39 Å². The Bertz CT molecular complexity index is 266. The van der Waals surface area contributed by atoms with Gasteiger partial charge in [0.1, 0.15) is 5.82 Å². The highest BCUT2D eigenvalue weighted by atomic mass is 35.5. The van der Waals surface area contributed by atoms with Gasteiger partial charge >= 0.3 is 0 Å². The fourth-order valence-electron chi connectivity index (χ4n) is 1.09. The Morgan fingerprint density at radius 2 is 2.15 bits per heavy atom. The Hall–Kier alpha value is -0.270. The zero-order chi connectivity index (χ0) is 9.84. The molecular weight excluding hydrogens is 210 g/mol. The number of alkyl halides is 1. The summed E-state index contributed by atoms with van der Waals surface area (Å²) in [5.41, 5.74) is 0.519. The maximum atomic E-state index is 13.2. The van der Waals surface area contributed by atoms with E-state index >= 15 is 0 Å². The van der Waals surface area contributed by atoms with Crippen LogP contribution in [0, 0.1) is 5.82 Å². The summed E-state index contributed by atoms with van der Waals surface area (Å²) in [7, 11) is 0. The third kappa shape index (κ3) is 2.85. The minimum absolute atomic E-state index is 0.0469. The van der Waals surface area contributed by atoms with Gasteiger partial charge in [0, 0.05) is 16.0 Å². The second-order valence-electron chi connectivity index (χ2n) is 2.91. The van der Waals surface area contributed by atoms with Crippen molar-refractivity contribution in [1.82, 2.24) is 0 Å². The second-order valence-corrected chi connectivity index (χ2v) is 3.93. The Labute approximate surface area is 87.7 Å². The normalized spacial score (nSPS) is 12.9. The number of hydrogen-bond donors (Lipinski definition) is 0. The SMILES string of the molecule is CCC(Cl)Cc1c(F)cccc1Cl. The van der Waals surface area contributed by atoms with Gasteiger partial charge in [-0.15, -0.1) is 11.6 Å². The highest BCUT2D eigenvalue weighted by Gasteiger charge is 2.10. The van der Waals surface area contributed by atoms with Gasteiger partial charge in [-0.05, 0) is 25.0 Å². The first-order chi connectivity index (χ1) is 6.15. The van der Waals surface area contributed by atoms with Crippen LogP contribution in [0.5, 0.6) is 0 Å². The molecule has 72 valence electrons. The molecule has 1 rings (SSSR count). The summed E-state index contributed by atoms with van der Waals surface area (Å²) < 4.78 is 13.2. The first-order valence-electron chi connectivity index (χ1n) is 4.22. The molecule has 0 aliphatic heterocycles. The minimum Gasteiger partial charge on any atom is -0.207 e. The van der Waals surface area contributed by atoms with E-state index in [2.05, 4.69) is 0 Å². The van der Waals surface area contributed by atoms with E-state index in [0.29, 0.717) is 17.0 Å². The lowest BCUT2D eigenvalue weighted by Gasteiger charge is -2.08. The Morgan fingerprint density at radius 3 is 2.69 bits per heavy atom. The molecule has 0 saturated carbocycles. The van der Waals surface area contributed by atoms with Crippen molar-refractivity contribution in [3.63, 3.8) is 0 Å². The summed E-state index contributed by atoms with van der Waals surface area (Å²) in [5.74, 6) is -0.272. The number of rotatable bonds is 3. The first-order valence-corrected chi connectivity index (χ1v) is 5.03. The molecule has 13 heavy (non-hydrogen) atoms. The maximum absolute atomic E-state index is 13.2. The number of halogens is 3. The van der Waals surface area contributed by atoms with Gasteiger partial charge in [-0.1, -0.05) is 24.6 Å². The molecule has 0 radical (unpaired) electrons. The topological polar surface area (TPSA) is 0 Å². The van der Waals surface area contributed by atoms with Crippen LogP contribution in [0.3, 0.4) is 0 Å². The molecule has 0 fully saturated rings. The number of benzene rings is 1. The summed E-state index contributed by atoms with van der Waals surface area (Å²) in [4.78, 5) is 0. The standard InChI is InChI=1S/C10H11Cl2F/c1-2-7(11)6-8-9(12)4-3-5-10(8)13/h3-5,7H,2,6H2,1H3. The van der Waals surface area contributed by atoms with E-state index in [1.165, 1.54) is 6.07 Å². The highest BCUT2D eigenvalue weighted by molar-refractivity contribution is 6.31.